The molecule has 0 fully saturated rings. The number of aromatic nitrogens is 2. The second-order valence-corrected chi connectivity index (χ2v) is 3.75. The Labute approximate surface area is 102 Å². The van der Waals surface area contributed by atoms with Crippen LogP contribution in [0.2, 0.25) is 0 Å². The third-order valence-corrected chi connectivity index (χ3v) is 2.45. The van der Waals surface area contributed by atoms with Gasteiger partial charge in [0.1, 0.15) is 12.3 Å². The van der Waals surface area contributed by atoms with Gasteiger partial charge in [-0.15, -0.1) is 10.2 Å². The fraction of sp³-hybridized carbons (Fsp3) is 0.500. The molecule has 0 radical (unpaired) electrons. The summed E-state index contributed by atoms with van der Waals surface area (Å²) in [7, 11) is 0. The molecule has 0 unspecified atom stereocenters. The van der Waals surface area contributed by atoms with Crippen LogP contribution in [0.5, 0.6) is 0 Å². The standard InChI is InChI=1S/C10H12N4O4/c1-2-7-11-12-8(18-7)5-14-9(15)4-3-6(13-14)10(16)17/h2-5H2,1H3,(H,16,17). The van der Waals surface area contributed by atoms with E-state index in [1.807, 2.05) is 6.92 Å². The van der Waals surface area contributed by atoms with Crippen molar-refractivity contribution in [3.05, 3.63) is 11.8 Å². The molecular formula is C10H12N4O4. The van der Waals surface area contributed by atoms with Crippen LogP contribution in [0.4, 0.5) is 0 Å². The van der Waals surface area contributed by atoms with Gasteiger partial charge in [-0.1, -0.05) is 6.92 Å². The van der Waals surface area contributed by atoms with Crippen molar-refractivity contribution in [1.29, 1.82) is 0 Å². The third kappa shape index (κ3) is 2.53. The molecule has 1 aliphatic rings. The van der Waals surface area contributed by atoms with E-state index in [4.69, 9.17) is 9.52 Å². The number of nitrogens with zero attached hydrogens (tertiary/aromatic N) is 4. The molecular weight excluding hydrogens is 240 g/mol. The van der Waals surface area contributed by atoms with Gasteiger partial charge in [-0.05, 0) is 0 Å². The fourth-order valence-electron chi connectivity index (χ4n) is 1.50. The zero-order valence-corrected chi connectivity index (χ0v) is 9.79. The number of hydrogen-bond donors (Lipinski definition) is 1. The van der Waals surface area contributed by atoms with Gasteiger partial charge in [0.2, 0.25) is 17.7 Å². The lowest BCUT2D eigenvalue weighted by Crippen LogP contribution is -2.33. The van der Waals surface area contributed by atoms with Gasteiger partial charge in [0.25, 0.3) is 0 Å². The minimum Gasteiger partial charge on any atom is -0.477 e. The third-order valence-electron chi connectivity index (χ3n) is 2.45. The summed E-state index contributed by atoms with van der Waals surface area (Å²) >= 11 is 0. The van der Waals surface area contributed by atoms with E-state index in [9.17, 15) is 9.59 Å². The fourth-order valence-corrected chi connectivity index (χ4v) is 1.50. The molecule has 96 valence electrons. The van der Waals surface area contributed by atoms with Gasteiger partial charge in [0, 0.05) is 19.3 Å². The Morgan fingerprint density at radius 1 is 1.39 bits per heavy atom. The Morgan fingerprint density at radius 3 is 2.72 bits per heavy atom. The molecule has 0 saturated carbocycles. The molecule has 0 aromatic carbocycles. The average Bonchev–Trinajstić information content (AvgIpc) is 2.79. The summed E-state index contributed by atoms with van der Waals surface area (Å²) in [5.41, 5.74) is -0.0372. The number of rotatable bonds is 4. The van der Waals surface area contributed by atoms with E-state index in [1.165, 1.54) is 0 Å². The van der Waals surface area contributed by atoms with Crippen LogP contribution in [0, 0.1) is 0 Å². The van der Waals surface area contributed by atoms with Crippen LogP contribution in [0.15, 0.2) is 9.52 Å². The van der Waals surface area contributed by atoms with Crippen molar-refractivity contribution in [3.63, 3.8) is 0 Å². The van der Waals surface area contributed by atoms with Crippen LogP contribution >= 0.6 is 0 Å². The van der Waals surface area contributed by atoms with Crippen LogP contribution in [0.1, 0.15) is 31.5 Å². The molecule has 0 aliphatic carbocycles. The lowest BCUT2D eigenvalue weighted by atomic mass is 10.2. The summed E-state index contributed by atoms with van der Waals surface area (Å²) in [6, 6.07) is 0. The van der Waals surface area contributed by atoms with Crippen molar-refractivity contribution in [2.75, 3.05) is 0 Å². The highest BCUT2D eigenvalue weighted by atomic mass is 16.4. The molecule has 8 nitrogen and oxygen atoms in total. The molecule has 18 heavy (non-hydrogen) atoms. The number of carbonyl (C=O) groups excluding carboxylic acids is 1. The number of carboxylic acid groups (broad SMARTS) is 1. The largest absolute Gasteiger partial charge is 0.477 e. The number of carboxylic acids is 1. The van der Waals surface area contributed by atoms with Gasteiger partial charge in [0.15, 0.2) is 0 Å². The molecule has 0 saturated heterocycles. The topological polar surface area (TPSA) is 109 Å². The Kier molecular flexibility index (Phi) is 3.35. The van der Waals surface area contributed by atoms with Gasteiger partial charge in [-0.2, -0.15) is 5.10 Å². The lowest BCUT2D eigenvalue weighted by molar-refractivity contribution is -0.133. The van der Waals surface area contributed by atoms with Gasteiger partial charge < -0.3 is 9.52 Å². The number of amides is 1. The Morgan fingerprint density at radius 2 is 2.11 bits per heavy atom. The zero-order valence-electron chi connectivity index (χ0n) is 9.79. The van der Waals surface area contributed by atoms with Crippen LogP contribution in [-0.2, 0) is 22.6 Å². The van der Waals surface area contributed by atoms with E-state index in [0.29, 0.717) is 12.3 Å². The maximum atomic E-state index is 11.6. The number of aryl methyl sites for hydroxylation is 1. The first-order valence-electron chi connectivity index (χ1n) is 5.52. The Hall–Kier alpha value is -2.25. The normalized spacial score (nSPS) is 15.7. The first kappa shape index (κ1) is 12.2. The predicted octanol–water partition coefficient (Wildman–Crippen LogP) is 0.195. The van der Waals surface area contributed by atoms with E-state index in [1.54, 1.807) is 0 Å². The van der Waals surface area contributed by atoms with Gasteiger partial charge in [0.05, 0.1) is 0 Å². The Bertz CT molecular complexity index is 508. The quantitative estimate of drug-likeness (QED) is 0.819. The average molecular weight is 252 g/mol. The molecule has 8 heteroatoms. The van der Waals surface area contributed by atoms with Crippen molar-refractivity contribution in [3.8, 4) is 0 Å². The van der Waals surface area contributed by atoms with Crippen LogP contribution in [0.3, 0.4) is 0 Å². The second-order valence-electron chi connectivity index (χ2n) is 3.75. The van der Waals surface area contributed by atoms with Crippen LogP contribution < -0.4 is 0 Å². The maximum absolute atomic E-state index is 11.6. The highest BCUT2D eigenvalue weighted by Gasteiger charge is 2.25. The number of hydrazone groups is 1. The monoisotopic (exact) mass is 252 g/mol. The number of aliphatic carboxylic acids is 1. The molecule has 2 heterocycles. The summed E-state index contributed by atoms with van der Waals surface area (Å²) in [5.74, 6) is -0.656. The molecule has 0 spiro atoms. The minimum absolute atomic E-state index is 0.00259. The number of carbonyl (C=O) groups is 2. The van der Waals surface area contributed by atoms with E-state index >= 15 is 0 Å². The number of hydrogen-bond acceptors (Lipinski definition) is 6. The van der Waals surface area contributed by atoms with Crippen molar-refractivity contribution in [1.82, 2.24) is 15.2 Å². The molecule has 0 bridgehead atoms. The first-order valence-corrected chi connectivity index (χ1v) is 5.52. The molecule has 1 aliphatic heterocycles. The maximum Gasteiger partial charge on any atom is 0.352 e. The van der Waals surface area contributed by atoms with Crippen LogP contribution in [-0.4, -0.2) is 37.9 Å². The van der Waals surface area contributed by atoms with E-state index in [-0.39, 0.29) is 36.9 Å². The lowest BCUT2D eigenvalue weighted by Gasteiger charge is -2.20. The molecule has 0 atom stereocenters. The molecule has 1 N–H and O–H groups in total. The molecule has 2 rings (SSSR count). The van der Waals surface area contributed by atoms with E-state index in [0.717, 1.165) is 5.01 Å². The summed E-state index contributed by atoms with van der Waals surface area (Å²) in [6.07, 6.45) is 0.874. The second kappa shape index (κ2) is 4.94. The molecule has 1 aromatic heterocycles. The molecule has 1 aromatic rings. The smallest absolute Gasteiger partial charge is 0.352 e. The summed E-state index contributed by atoms with van der Waals surface area (Å²) in [4.78, 5) is 22.4. The van der Waals surface area contributed by atoms with Crippen molar-refractivity contribution >= 4 is 17.6 Å². The summed E-state index contributed by atoms with van der Waals surface area (Å²) in [5, 5.41) is 21.2. The first-order chi connectivity index (χ1) is 8.60. The minimum atomic E-state index is -1.12. The summed E-state index contributed by atoms with van der Waals surface area (Å²) in [6.45, 7) is 1.87. The van der Waals surface area contributed by atoms with Gasteiger partial charge >= 0.3 is 5.97 Å². The molecule has 1 amide bonds. The highest BCUT2D eigenvalue weighted by molar-refractivity contribution is 6.36. The van der Waals surface area contributed by atoms with Crippen molar-refractivity contribution in [2.45, 2.75) is 32.7 Å². The van der Waals surface area contributed by atoms with E-state index < -0.39 is 5.97 Å². The van der Waals surface area contributed by atoms with E-state index in [2.05, 4.69) is 15.3 Å². The summed E-state index contributed by atoms with van der Waals surface area (Å²) < 4.78 is 5.25. The predicted molar refractivity (Wildman–Crippen MR) is 58.5 cm³/mol. The highest BCUT2D eigenvalue weighted by Crippen LogP contribution is 2.13. The Balaban J connectivity index is 2.13. The van der Waals surface area contributed by atoms with Crippen molar-refractivity contribution < 1.29 is 19.1 Å². The van der Waals surface area contributed by atoms with Crippen molar-refractivity contribution in [2.24, 2.45) is 5.10 Å². The van der Waals surface area contributed by atoms with Crippen LogP contribution in [0.25, 0.3) is 0 Å². The SMILES string of the molecule is CCc1nnc(CN2N=C(C(=O)O)CCC2=O)o1. The van der Waals surface area contributed by atoms with Gasteiger partial charge in [-0.3, -0.25) is 4.79 Å². The zero-order chi connectivity index (χ0) is 13.1. The van der Waals surface area contributed by atoms with Gasteiger partial charge in [-0.25, -0.2) is 9.80 Å².